The second-order valence-electron chi connectivity index (χ2n) is 9.14. The molecule has 1 aliphatic carbocycles. The van der Waals surface area contributed by atoms with E-state index in [0.717, 1.165) is 0 Å². The zero-order valence-corrected chi connectivity index (χ0v) is 18.5. The molecule has 0 spiro atoms. The van der Waals surface area contributed by atoms with E-state index in [1.165, 1.54) is 0 Å². The molecule has 0 aliphatic heterocycles. The lowest BCUT2D eigenvalue weighted by Crippen LogP contribution is -2.65. The number of hydrogen-bond donors (Lipinski definition) is 7. The standard InChI is InChI=1S/C20H38N4O6/c1-10(2)6-12(17(21)27)24-19(29)20(30)8-14(16(26)15(25)9-20)23-18(28)13(22-5)7-11(3)4/h10-16,22,25-26,30H,6-9H2,1-5H3,(H2,21,27)(H,23,28)(H,24,29)/t12-,13+,14+,15-,16-,20+/m1/s1. The molecular weight excluding hydrogens is 392 g/mol. The van der Waals surface area contributed by atoms with E-state index in [4.69, 9.17) is 5.73 Å². The fraction of sp³-hybridized carbons (Fsp3) is 0.850. The molecule has 8 N–H and O–H groups in total. The van der Waals surface area contributed by atoms with Crippen LogP contribution in [0, 0.1) is 11.8 Å². The van der Waals surface area contributed by atoms with Crippen molar-refractivity contribution in [1.82, 2.24) is 16.0 Å². The second-order valence-corrected chi connectivity index (χ2v) is 9.14. The van der Waals surface area contributed by atoms with Gasteiger partial charge in [-0.15, -0.1) is 0 Å². The number of carbonyl (C=O) groups is 3. The van der Waals surface area contributed by atoms with E-state index in [1.54, 1.807) is 7.05 Å². The lowest BCUT2D eigenvalue weighted by Gasteiger charge is -2.42. The van der Waals surface area contributed by atoms with E-state index in [9.17, 15) is 29.7 Å². The zero-order valence-electron chi connectivity index (χ0n) is 18.5. The largest absolute Gasteiger partial charge is 0.390 e. The highest BCUT2D eigenvalue weighted by Crippen LogP contribution is 2.30. The molecule has 0 aromatic heterocycles. The maximum absolute atomic E-state index is 12.7. The average molecular weight is 431 g/mol. The summed E-state index contributed by atoms with van der Waals surface area (Å²) in [6.07, 6.45) is -2.68. The van der Waals surface area contributed by atoms with E-state index in [0.29, 0.717) is 12.8 Å². The minimum atomic E-state index is -2.07. The van der Waals surface area contributed by atoms with Crippen LogP contribution in [-0.4, -0.2) is 76.0 Å². The normalized spacial score (nSPS) is 28.8. The summed E-state index contributed by atoms with van der Waals surface area (Å²) in [6.45, 7) is 7.65. The minimum Gasteiger partial charge on any atom is -0.390 e. The van der Waals surface area contributed by atoms with Crippen LogP contribution in [0.1, 0.15) is 53.4 Å². The predicted octanol–water partition coefficient (Wildman–Crippen LogP) is -1.63. The van der Waals surface area contributed by atoms with Crippen molar-refractivity contribution in [3.8, 4) is 0 Å². The molecule has 0 bridgehead atoms. The molecule has 10 heteroatoms. The molecule has 0 aromatic carbocycles. The Bertz CT molecular complexity index is 614. The van der Waals surface area contributed by atoms with Crippen molar-refractivity contribution in [3.63, 3.8) is 0 Å². The highest BCUT2D eigenvalue weighted by Gasteiger charge is 2.50. The van der Waals surface area contributed by atoms with Crippen molar-refractivity contribution in [2.24, 2.45) is 17.6 Å². The Kier molecular flexibility index (Phi) is 9.67. The van der Waals surface area contributed by atoms with E-state index in [-0.39, 0.29) is 18.3 Å². The summed E-state index contributed by atoms with van der Waals surface area (Å²) < 4.78 is 0. The Morgan fingerprint density at radius 2 is 1.57 bits per heavy atom. The number of aliphatic hydroxyl groups is 3. The van der Waals surface area contributed by atoms with Crippen molar-refractivity contribution in [2.75, 3.05) is 7.05 Å². The Morgan fingerprint density at radius 1 is 1.03 bits per heavy atom. The van der Waals surface area contributed by atoms with E-state index in [1.807, 2.05) is 27.7 Å². The third-order valence-electron chi connectivity index (χ3n) is 5.39. The molecule has 10 nitrogen and oxygen atoms in total. The summed E-state index contributed by atoms with van der Waals surface area (Å²) >= 11 is 0. The van der Waals surface area contributed by atoms with E-state index in [2.05, 4.69) is 16.0 Å². The van der Waals surface area contributed by atoms with Gasteiger partial charge in [0.1, 0.15) is 17.7 Å². The number of amides is 3. The van der Waals surface area contributed by atoms with Crippen LogP contribution < -0.4 is 21.7 Å². The summed E-state index contributed by atoms with van der Waals surface area (Å²) in [5, 5.41) is 39.4. The smallest absolute Gasteiger partial charge is 0.252 e. The molecule has 6 atom stereocenters. The van der Waals surface area contributed by atoms with Gasteiger partial charge >= 0.3 is 0 Å². The van der Waals surface area contributed by atoms with Gasteiger partial charge in [-0.1, -0.05) is 27.7 Å². The van der Waals surface area contributed by atoms with Gasteiger partial charge in [0, 0.05) is 12.8 Å². The van der Waals surface area contributed by atoms with Crippen LogP contribution in [0.25, 0.3) is 0 Å². The van der Waals surface area contributed by atoms with Crippen molar-refractivity contribution >= 4 is 17.7 Å². The molecule has 1 rings (SSSR count). The molecule has 30 heavy (non-hydrogen) atoms. The fourth-order valence-corrected chi connectivity index (χ4v) is 3.75. The molecular formula is C20H38N4O6. The summed E-state index contributed by atoms with van der Waals surface area (Å²) in [4.78, 5) is 37.0. The van der Waals surface area contributed by atoms with Crippen LogP contribution in [-0.2, 0) is 14.4 Å². The number of hydrogen-bond acceptors (Lipinski definition) is 7. The number of carbonyl (C=O) groups excluding carboxylic acids is 3. The molecule has 3 amide bonds. The minimum absolute atomic E-state index is 0.0719. The number of likely N-dealkylation sites (N-methyl/N-ethyl adjacent to an activating group) is 1. The van der Waals surface area contributed by atoms with Crippen LogP contribution in [0.3, 0.4) is 0 Å². The Labute approximate surface area is 178 Å². The van der Waals surface area contributed by atoms with Gasteiger partial charge in [0.2, 0.25) is 11.8 Å². The van der Waals surface area contributed by atoms with Crippen molar-refractivity contribution in [1.29, 1.82) is 0 Å². The van der Waals surface area contributed by atoms with Crippen molar-refractivity contribution < 1.29 is 29.7 Å². The first-order chi connectivity index (χ1) is 13.8. The molecule has 0 heterocycles. The van der Waals surface area contributed by atoms with Gasteiger partial charge in [0.15, 0.2) is 0 Å². The topological polar surface area (TPSA) is 174 Å². The number of primary amides is 1. The van der Waals surface area contributed by atoms with Crippen LogP contribution in [0.15, 0.2) is 0 Å². The van der Waals surface area contributed by atoms with Crippen LogP contribution in [0.5, 0.6) is 0 Å². The van der Waals surface area contributed by atoms with Crippen molar-refractivity contribution in [3.05, 3.63) is 0 Å². The van der Waals surface area contributed by atoms with Crippen LogP contribution in [0.2, 0.25) is 0 Å². The first kappa shape index (κ1) is 26.3. The third-order valence-corrected chi connectivity index (χ3v) is 5.39. The number of aliphatic hydroxyl groups excluding tert-OH is 2. The van der Waals surface area contributed by atoms with Crippen molar-refractivity contribution in [2.45, 2.75) is 89.3 Å². The molecule has 1 fully saturated rings. The second kappa shape index (κ2) is 11.0. The number of rotatable bonds is 10. The van der Waals surface area contributed by atoms with Crippen LogP contribution in [0.4, 0.5) is 0 Å². The highest BCUT2D eigenvalue weighted by molar-refractivity contribution is 5.91. The fourth-order valence-electron chi connectivity index (χ4n) is 3.75. The first-order valence-electron chi connectivity index (χ1n) is 10.5. The first-order valence-corrected chi connectivity index (χ1v) is 10.5. The molecule has 1 saturated carbocycles. The Hall–Kier alpha value is -1.75. The maximum Gasteiger partial charge on any atom is 0.252 e. The summed E-state index contributed by atoms with van der Waals surface area (Å²) in [7, 11) is 1.64. The van der Waals surface area contributed by atoms with E-state index < -0.39 is 60.1 Å². The summed E-state index contributed by atoms with van der Waals surface area (Å²) in [5.41, 5.74) is 3.27. The number of nitrogens with one attached hydrogen (secondary N) is 3. The van der Waals surface area contributed by atoms with Gasteiger partial charge in [0.05, 0.1) is 18.2 Å². The van der Waals surface area contributed by atoms with Gasteiger partial charge in [-0.25, -0.2) is 0 Å². The average Bonchev–Trinajstić information content (AvgIpc) is 2.62. The monoisotopic (exact) mass is 430 g/mol. The quantitative estimate of drug-likeness (QED) is 0.218. The molecule has 174 valence electrons. The SMILES string of the molecule is CN[C@@H](CC(C)C)C(=O)N[C@H]1C[C@@](O)(C(=O)N[C@H](CC(C)C)C(N)=O)C[C@@H](O)[C@@H]1O. The Balaban J connectivity index is 2.94. The molecule has 0 radical (unpaired) electrons. The van der Waals surface area contributed by atoms with Gasteiger partial charge in [0.25, 0.3) is 5.91 Å². The van der Waals surface area contributed by atoms with Gasteiger partial charge in [-0.3, -0.25) is 14.4 Å². The third kappa shape index (κ3) is 7.19. The molecule has 0 aromatic rings. The summed E-state index contributed by atoms with van der Waals surface area (Å²) in [6, 6.07) is -2.54. The van der Waals surface area contributed by atoms with Crippen LogP contribution >= 0.6 is 0 Å². The predicted molar refractivity (Wildman–Crippen MR) is 111 cm³/mol. The lowest BCUT2D eigenvalue weighted by atomic mass is 9.77. The maximum atomic E-state index is 12.7. The van der Waals surface area contributed by atoms with Gasteiger partial charge in [-0.05, 0) is 31.7 Å². The van der Waals surface area contributed by atoms with Gasteiger partial charge < -0.3 is 37.0 Å². The zero-order chi connectivity index (χ0) is 23.2. The van der Waals surface area contributed by atoms with Gasteiger partial charge in [-0.2, -0.15) is 0 Å². The highest BCUT2D eigenvalue weighted by atomic mass is 16.3. The molecule has 0 unspecified atom stereocenters. The molecule has 0 saturated heterocycles. The molecule has 1 aliphatic rings. The summed E-state index contributed by atoms with van der Waals surface area (Å²) in [5.74, 6) is -1.69. The Morgan fingerprint density at radius 3 is 2.03 bits per heavy atom. The lowest BCUT2D eigenvalue weighted by molar-refractivity contribution is -0.161. The number of nitrogens with two attached hydrogens (primary N) is 1. The van der Waals surface area contributed by atoms with E-state index >= 15 is 0 Å².